The zero-order valence-electron chi connectivity index (χ0n) is 12.7. The molecule has 0 aliphatic heterocycles. The highest BCUT2D eigenvalue weighted by Crippen LogP contribution is 2.14. The van der Waals surface area contributed by atoms with Crippen LogP contribution in [0.3, 0.4) is 0 Å². The first kappa shape index (κ1) is 15.7. The Labute approximate surface area is 130 Å². The summed E-state index contributed by atoms with van der Waals surface area (Å²) in [5.41, 5.74) is 2.23. The molecule has 1 aromatic carbocycles. The summed E-state index contributed by atoms with van der Waals surface area (Å²) in [6.45, 7) is 5.54. The number of hydrogen-bond donors (Lipinski definition) is 0. The molecule has 0 bridgehead atoms. The van der Waals surface area contributed by atoms with Crippen molar-refractivity contribution in [1.29, 1.82) is 0 Å². The van der Waals surface area contributed by atoms with E-state index in [1.54, 1.807) is 11.3 Å². The van der Waals surface area contributed by atoms with Gasteiger partial charge in [-0.1, -0.05) is 30.3 Å². The van der Waals surface area contributed by atoms with Gasteiger partial charge in [-0.25, -0.2) is 4.98 Å². The lowest BCUT2D eigenvalue weighted by Crippen LogP contribution is -2.31. The van der Waals surface area contributed by atoms with Crippen molar-refractivity contribution in [2.75, 3.05) is 13.1 Å². The Hall–Kier alpha value is -1.68. The SMILES string of the molecule is CCN(CC)C(=O)Cc1csc(CCc2ccccc2)n1. The van der Waals surface area contributed by atoms with Crippen LogP contribution in [0.1, 0.15) is 30.1 Å². The highest BCUT2D eigenvalue weighted by molar-refractivity contribution is 7.09. The molecule has 0 fully saturated rings. The Morgan fingerprint density at radius 1 is 1.14 bits per heavy atom. The van der Waals surface area contributed by atoms with E-state index in [0.29, 0.717) is 6.42 Å². The van der Waals surface area contributed by atoms with Gasteiger partial charge >= 0.3 is 0 Å². The zero-order valence-corrected chi connectivity index (χ0v) is 13.5. The van der Waals surface area contributed by atoms with Gasteiger partial charge in [0.1, 0.15) is 0 Å². The fourth-order valence-electron chi connectivity index (χ4n) is 2.28. The van der Waals surface area contributed by atoms with Gasteiger partial charge in [-0.15, -0.1) is 11.3 Å². The lowest BCUT2D eigenvalue weighted by Gasteiger charge is -2.17. The second-order valence-corrected chi connectivity index (χ2v) is 5.90. The van der Waals surface area contributed by atoms with E-state index in [9.17, 15) is 4.79 Å². The minimum absolute atomic E-state index is 0.167. The first-order chi connectivity index (χ1) is 10.2. The third kappa shape index (κ3) is 4.67. The Balaban J connectivity index is 1.88. The Bertz CT molecular complexity index is 561. The molecule has 1 aromatic heterocycles. The van der Waals surface area contributed by atoms with Crippen LogP contribution in [0.5, 0.6) is 0 Å². The van der Waals surface area contributed by atoms with Gasteiger partial charge in [0.05, 0.1) is 17.1 Å². The summed E-state index contributed by atoms with van der Waals surface area (Å²) in [6.07, 6.45) is 2.36. The molecule has 4 heteroatoms. The normalized spacial score (nSPS) is 10.6. The van der Waals surface area contributed by atoms with Crippen molar-refractivity contribution in [3.63, 3.8) is 0 Å². The number of benzene rings is 1. The summed E-state index contributed by atoms with van der Waals surface area (Å²) in [4.78, 5) is 18.5. The monoisotopic (exact) mass is 302 g/mol. The van der Waals surface area contributed by atoms with E-state index in [1.165, 1.54) is 5.56 Å². The number of likely N-dealkylation sites (N-methyl/N-ethyl adjacent to an activating group) is 1. The first-order valence-electron chi connectivity index (χ1n) is 7.48. The number of carbonyl (C=O) groups excluding carboxylic acids is 1. The van der Waals surface area contributed by atoms with E-state index in [4.69, 9.17) is 0 Å². The maximum atomic E-state index is 12.1. The van der Waals surface area contributed by atoms with Crippen LogP contribution in [-0.2, 0) is 24.1 Å². The fraction of sp³-hybridized carbons (Fsp3) is 0.412. The second kappa shape index (κ2) is 7.93. The van der Waals surface area contributed by atoms with Gasteiger partial charge < -0.3 is 4.90 Å². The van der Waals surface area contributed by atoms with Crippen molar-refractivity contribution in [1.82, 2.24) is 9.88 Å². The van der Waals surface area contributed by atoms with Crippen molar-refractivity contribution in [2.24, 2.45) is 0 Å². The summed E-state index contributed by atoms with van der Waals surface area (Å²) in [5.74, 6) is 0.167. The van der Waals surface area contributed by atoms with Gasteiger partial charge in [0, 0.05) is 24.9 Å². The van der Waals surface area contributed by atoms with Gasteiger partial charge in [0.25, 0.3) is 0 Å². The second-order valence-electron chi connectivity index (χ2n) is 4.96. The number of rotatable bonds is 7. The molecule has 0 aliphatic rings. The van der Waals surface area contributed by atoms with E-state index in [-0.39, 0.29) is 5.91 Å². The largest absolute Gasteiger partial charge is 0.343 e. The third-order valence-electron chi connectivity index (χ3n) is 3.52. The van der Waals surface area contributed by atoms with Gasteiger partial charge in [0.2, 0.25) is 5.91 Å². The molecule has 112 valence electrons. The number of thiazole rings is 1. The maximum absolute atomic E-state index is 12.1. The van der Waals surface area contributed by atoms with Crippen molar-refractivity contribution in [2.45, 2.75) is 33.1 Å². The predicted molar refractivity (Wildman–Crippen MR) is 87.6 cm³/mol. The minimum Gasteiger partial charge on any atom is -0.343 e. The van der Waals surface area contributed by atoms with Crippen LogP contribution < -0.4 is 0 Å². The Morgan fingerprint density at radius 3 is 2.52 bits per heavy atom. The van der Waals surface area contributed by atoms with E-state index in [1.807, 2.05) is 30.2 Å². The molecule has 1 heterocycles. The molecule has 0 radical (unpaired) electrons. The van der Waals surface area contributed by atoms with Crippen LogP contribution in [-0.4, -0.2) is 28.9 Å². The lowest BCUT2D eigenvalue weighted by atomic mass is 10.1. The molecule has 0 atom stereocenters. The van der Waals surface area contributed by atoms with E-state index in [0.717, 1.165) is 36.6 Å². The van der Waals surface area contributed by atoms with Crippen molar-refractivity contribution in [3.8, 4) is 0 Å². The number of aryl methyl sites for hydroxylation is 2. The van der Waals surface area contributed by atoms with Gasteiger partial charge in [-0.3, -0.25) is 4.79 Å². The van der Waals surface area contributed by atoms with Crippen LogP contribution in [0.2, 0.25) is 0 Å². The summed E-state index contributed by atoms with van der Waals surface area (Å²) in [6, 6.07) is 10.4. The van der Waals surface area contributed by atoms with E-state index >= 15 is 0 Å². The van der Waals surface area contributed by atoms with Gasteiger partial charge in [-0.05, 0) is 25.8 Å². The molecule has 1 amide bonds. The maximum Gasteiger partial charge on any atom is 0.228 e. The van der Waals surface area contributed by atoms with Crippen LogP contribution >= 0.6 is 11.3 Å². The van der Waals surface area contributed by atoms with Gasteiger partial charge in [-0.2, -0.15) is 0 Å². The molecule has 0 N–H and O–H groups in total. The van der Waals surface area contributed by atoms with Crippen LogP contribution in [0.25, 0.3) is 0 Å². The number of nitrogens with zero attached hydrogens (tertiary/aromatic N) is 2. The highest BCUT2D eigenvalue weighted by Gasteiger charge is 2.12. The van der Waals surface area contributed by atoms with Crippen molar-refractivity contribution in [3.05, 3.63) is 52.0 Å². The van der Waals surface area contributed by atoms with Gasteiger partial charge in [0.15, 0.2) is 0 Å². The molecular formula is C17H22N2OS. The molecule has 2 rings (SSSR count). The minimum atomic E-state index is 0.167. The molecule has 2 aromatic rings. The summed E-state index contributed by atoms with van der Waals surface area (Å²) >= 11 is 1.66. The molecule has 0 spiro atoms. The van der Waals surface area contributed by atoms with Crippen molar-refractivity contribution >= 4 is 17.2 Å². The molecule has 0 aliphatic carbocycles. The lowest BCUT2D eigenvalue weighted by molar-refractivity contribution is -0.130. The van der Waals surface area contributed by atoms with Crippen molar-refractivity contribution < 1.29 is 4.79 Å². The van der Waals surface area contributed by atoms with Crippen LogP contribution in [0.15, 0.2) is 35.7 Å². The molecule has 21 heavy (non-hydrogen) atoms. The smallest absolute Gasteiger partial charge is 0.228 e. The summed E-state index contributed by atoms with van der Waals surface area (Å²) in [5, 5.41) is 3.13. The van der Waals surface area contributed by atoms with E-state index in [2.05, 4.69) is 29.2 Å². The van der Waals surface area contributed by atoms with Crippen LogP contribution in [0.4, 0.5) is 0 Å². The Kier molecular flexibility index (Phi) is 5.93. The molecule has 0 saturated carbocycles. The summed E-state index contributed by atoms with van der Waals surface area (Å²) < 4.78 is 0. The number of amides is 1. The molecule has 3 nitrogen and oxygen atoms in total. The highest BCUT2D eigenvalue weighted by atomic mass is 32.1. The summed E-state index contributed by atoms with van der Waals surface area (Å²) in [7, 11) is 0. The number of carbonyl (C=O) groups is 1. The number of aromatic nitrogens is 1. The average molecular weight is 302 g/mol. The average Bonchev–Trinajstić information content (AvgIpc) is 2.95. The zero-order chi connectivity index (χ0) is 15.1. The standard InChI is InChI=1S/C17H22N2OS/c1-3-19(4-2)17(20)12-15-13-21-16(18-15)11-10-14-8-6-5-7-9-14/h5-9,13H,3-4,10-12H2,1-2H3. The molecule has 0 unspecified atom stereocenters. The molecular weight excluding hydrogens is 280 g/mol. The fourth-order valence-corrected chi connectivity index (χ4v) is 3.08. The quantitative estimate of drug-likeness (QED) is 0.786. The molecule has 0 saturated heterocycles. The predicted octanol–water partition coefficient (Wildman–Crippen LogP) is 3.34. The number of hydrogen-bond acceptors (Lipinski definition) is 3. The van der Waals surface area contributed by atoms with Crippen LogP contribution in [0, 0.1) is 0 Å². The Morgan fingerprint density at radius 2 is 1.86 bits per heavy atom. The topological polar surface area (TPSA) is 33.2 Å². The van der Waals surface area contributed by atoms with E-state index < -0.39 is 0 Å². The third-order valence-corrected chi connectivity index (χ3v) is 4.48. The first-order valence-corrected chi connectivity index (χ1v) is 8.35.